The third-order valence-corrected chi connectivity index (χ3v) is 7.24. The van der Waals surface area contributed by atoms with E-state index in [1.54, 1.807) is 11.1 Å². The lowest BCUT2D eigenvalue weighted by atomic mass is 9.62. The van der Waals surface area contributed by atoms with Gasteiger partial charge in [-0.1, -0.05) is 77.1 Å². The zero-order chi connectivity index (χ0) is 20.0. The van der Waals surface area contributed by atoms with Gasteiger partial charge in [-0.2, -0.15) is 0 Å². The summed E-state index contributed by atoms with van der Waals surface area (Å²) in [6, 6.07) is 5.00. The van der Waals surface area contributed by atoms with Crippen LogP contribution in [-0.4, -0.2) is 0 Å². The number of benzene rings is 1. The van der Waals surface area contributed by atoms with Gasteiger partial charge in [0.05, 0.1) is 0 Å². The molecular formula is C27H38. The first-order valence-electron chi connectivity index (χ1n) is 10.6. The third-order valence-electron chi connectivity index (χ3n) is 7.24. The van der Waals surface area contributed by atoms with Crippen LogP contribution in [-0.2, 0) is 17.3 Å². The first-order valence-corrected chi connectivity index (χ1v) is 10.6. The van der Waals surface area contributed by atoms with Gasteiger partial charge in [0, 0.05) is 0 Å². The van der Waals surface area contributed by atoms with E-state index in [9.17, 15) is 0 Å². The number of hydrogen-bond acceptors (Lipinski definition) is 0. The number of aryl methyl sites for hydroxylation is 1. The third kappa shape index (κ3) is 4.00. The summed E-state index contributed by atoms with van der Waals surface area (Å²) in [6.45, 7) is 20.6. The SMILES string of the molecule is C=C/C(=C\C=C(/C)Cc1cc2c(cc1C)C(C)(C)CCC2(C)C)C1(C)CC1. The topological polar surface area (TPSA) is 0 Å². The Morgan fingerprint density at radius 3 is 2.00 bits per heavy atom. The van der Waals surface area contributed by atoms with Gasteiger partial charge < -0.3 is 0 Å². The van der Waals surface area contributed by atoms with Crippen molar-refractivity contribution in [2.24, 2.45) is 5.41 Å². The van der Waals surface area contributed by atoms with Crippen molar-refractivity contribution in [3.8, 4) is 0 Å². The lowest BCUT2D eigenvalue weighted by molar-refractivity contribution is 0.331. The minimum Gasteiger partial charge on any atom is -0.0988 e. The van der Waals surface area contributed by atoms with Crippen molar-refractivity contribution in [2.45, 2.75) is 91.4 Å². The summed E-state index contributed by atoms with van der Waals surface area (Å²) in [7, 11) is 0. The first-order chi connectivity index (χ1) is 12.5. The molecule has 0 bridgehead atoms. The molecule has 0 radical (unpaired) electrons. The zero-order valence-electron chi connectivity index (χ0n) is 18.6. The van der Waals surface area contributed by atoms with Crippen LogP contribution in [0.15, 0.2) is 48.1 Å². The Morgan fingerprint density at radius 1 is 0.926 bits per heavy atom. The molecule has 0 aliphatic heterocycles. The molecule has 0 atom stereocenters. The predicted octanol–water partition coefficient (Wildman–Crippen LogP) is 7.75. The monoisotopic (exact) mass is 362 g/mol. The molecule has 0 spiro atoms. The molecular weight excluding hydrogens is 324 g/mol. The highest BCUT2D eigenvalue weighted by molar-refractivity contribution is 5.48. The molecule has 1 aromatic carbocycles. The minimum atomic E-state index is 0.279. The Balaban J connectivity index is 1.91. The summed E-state index contributed by atoms with van der Waals surface area (Å²) in [6.07, 6.45) is 12.8. The van der Waals surface area contributed by atoms with Crippen LogP contribution >= 0.6 is 0 Å². The van der Waals surface area contributed by atoms with Crippen molar-refractivity contribution in [3.05, 3.63) is 70.3 Å². The Kier molecular flexibility index (Phi) is 5.08. The second-order valence-corrected chi connectivity index (χ2v) is 10.7. The second kappa shape index (κ2) is 6.80. The smallest absolute Gasteiger partial charge is 0.00640 e. The fourth-order valence-electron chi connectivity index (χ4n) is 4.54. The van der Waals surface area contributed by atoms with Crippen LogP contribution in [0, 0.1) is 12.3 Å². The van der Waals surface area contributed by atoms with Crippen molar-refractivity contribution in [1.29, 1.82) is 0 Å². The predicted molar refractivity (Wildman–Crippen MR) is 120 cm³/mol. The van der Waals surface area contributed by atoms with Crippen LogP contribution in [0.5, 0.6) is 0 Å². The largest absolute Gasteiger partial charge is 0.0988 e. The van der Waals surface area contributed by atoms with E-state index in [4.69, 9.17) is 0 Å². The molecule has 27 heavy (non-hydrogen) atoms. The molecule has 0 aromatic heterocycles. The fraction of sp³-hybridized carbons (Fsp3) is 0.556. The average molecular weight is 363 g/mol. The Labute approximate surface area is 167 Å². The van der Waals surface area contributed by atoms with Crippen LogP contribution in [0.4, 0.5) is 0 Å². The van der Waals surface area contributed by atoms with E-state index in [1.807, 2.05) is 6.08 Å². The van der Waals surface area contributed by atoms with Crippen molar-refractivity contribution in [2.75, 3.05) is 0 Å². The number of fused-ring (bicyclic) bond motifs is 1. The zero-order valence-corrected chi connectivity index (χ0v) is 18.6. The van der Waals surface area contributed by atoms with Crippen LogP contribution < -0.4 is 0 Å². The lowest BCUT2D eigenvalue weighted by Gasteiger charge is -2.42. The summed E-state index contributed by atoms with van der Waals surface area (Å²) in [4.78, 5) is 0. The van der Waals surface area contributed by atoms with Gasteiger partial charge in [0.15, 0.2) is 0 Å². The second-order valence-electron chi connectivity index (χ2n) is 10.7. The van der Waals surface area contributed by atoms with Gasteiger partial charge in [-0.05, 0) is 90.0 Å². The Bertz CT molecular complexity index is 807. The van der Waals surface area contributed by atoms with Crippen LogP contribution in [0.25, 0.3) is 0 Å². The molecule has 0 heterocycles. The molecule has 1 fully saturated rings. The van der Waals surface area contributed by atoms with Gasteiger partial charge in [-0.3, -0.25) is 0 Å². The fourth-order valence-corrected chi connectivity index (χ4v) is 4.54. The van der Waals surface area contributed by atoms with Crippen molar-refractivity contribution in [3.63, 3.8) is 0 Å². The quantitative estimate of drug-likeness (QED) is 0.470. The van der Waals surface area contributed by atoms with Crippen molar-refractivity contribution < 1.29 is 0 Å². The standard InChI is InChI=1S/C27H38/c1-9-22(27(8)14-15-27)11-10-19(2)16-21-18-24-23(17-20(21)3)25(4,5)12-13-26(24,6)7/h9-11,17-18H,1,12-16H2,2-8H3/b19-10+,22-11+. The molecule has 2 aliphatic rings. The van der Waals surface area contributed by atoms with Crippen molar-refractivity contribution in [1.82, 2.24) is 0 Å². The number of allylic oxidation sites excluding steroid dienone is 5. The summed E-state index contributed by atoms with van der Waals surface area (Å²) >= 11 is 0. The molecule has 1 aromatic rings. The molecule has 0 N–H and O–H groups in total. The molecule has 0 unspecified atom stereocenters. The van der Waals surface area contributed by atoms with Gasteiger partial charge in [-0.15, -0.1) is 0 Å². The number of hydrogen-bond donors (Lipinski definition) is 0. The van der Waals surface area contributed by atoms with E-state index in [-0.39, 0.29) is 5.41 Å². The van der Waals surface area contributed by atoms with E-state index in [2.05, 4.69) is 79.3 Å². The van der Waals surface area contributed by atoms with Gasteiger partial charge in [0.25, 0.3) is 0 Å². The molecule has 0 heteroatoms. The minimum absolute atomic E-state index is 0.279. The highest BCUT2D eigenvalue weighted by atomic mass is 14.4. The van der Waals surface area contributed by atoms with E-state index in [0.717, 1.165) is 6.42 Å². The summed E-state index contributed by atoms with van der Waals surface area (Å²) in [5.74, 6) is 0. The molecule has 2 aliphatic carbocycles. The summed E-state index contributed by atoms with van der Waals surface area (Å²) < 4.78 is 0. The van der Waals surface area contributed by atoms with Gasteiger partial charge >= 0.3 is 0 Å². The van der Waals surface area contributed by atoms with Gasteiger partial charge in [0.2, 0.25) is 0 Å². The first kappa shape index (κ1) is 20.2. The molecule has 0 nitrogen and oxygen atoms in total. The molecule has 0 amide bonds. The highest BCUT2D eigenvalue weighted by Crippen LogP contribution is 2.51. The molecule has 146 valence electrons. The average Bonchev–Trinajstić information content (AvgIpc) is 3.32. The molecule has 0 saturated heterocycles. The summed E-state index contributed by atoms with van der Waals surface area (Å²) in [5.41, 5.74) is 9.84. The lowest BCUT2D eigenvalue weighted by Crippen LogP contribution is -2.34. The van der Waals surface area contributed by atoms with Crippen LogP contribution in [0.1, 0.15) is 89.5 Å². The number of rotatable bonds is 5. The van der Waals surface area contributed by atoms with Crippen LogP contribution in [0.3, 0.4) is 0 Å². The van der Waals surface area contributed by atoms with Gasteiger partial charge in [-0.25, -0.2) is 0 Å². The van der Waals surface area contributed by atoms with E-state index < -0.39 is 0 Å². The summed E-state index contributed by atoms with van der Waals surface area (Å²) in [5, 5.41) is 0. The maximum atomic E-state index is 4.02. The molecule has 1 saturated carbocycles. The van der Waals surface area contributed by atoms with E-state index in [0.29, 0.717) is 10.8 Å². The Hall–Kier alpha value is -1.56. The van der Waals surface area contributed by atoms with Crippen LogP contribution in [0.2, 0.25) is 0 Å². The van der Waals surface area contributed by atoms with Crippen molar-refractivity contribution >= 4 is 0 Å². The van der Waals surface area contributed by atoms with E-state index >= 15 is 0 Å². The maximum absolute atomic E-state index is 4.02. The maximum Gasteiger partial charge on any atom is -0.00640 e. The normalized spacial score (nSPS) is 22.9. The van der Waals surface area contributed by atoms with Gasteiger partial charge in [0.1, 0.15) is 0 Å². The van der Waals surface area contributed by atoms with E-state index in [1.165, 1.54) is 48.0 Å². The molecule has 3 rings (SSSR count). The Morgan fingerprint density at radius 2 is 1.48 bits per heavy atom. The highest BCUT2D eigenvalue weighted by Gasteiger charge is 2.39.